The van der Waals surface area contributed by atoms with Gasteiger partial charge in [-0.25, -0.2) is 4.68 Å². The number of carbonyl (C=O) groups excluding carboxylic acids is 2. The first-order valence-corrected chi connectivity index (χ1v) is 9.69. The van der Waals surface area contributed by atoms with Gasteiger partial charge in [0.2, 0.25) is 5.91 Å². The number of hydrogen-bond acceptors (Lipinski definition) is 3. The van der Waals surface area contributed by atoms with Crippen molar-refractivity contribution in [2.24, 2.45) is 0 Å². The van der Waals surface area contributed by atoms with E-state index in [1.54, 1.807) is 10.9 Å². The van der Waals surface area contributed by atoms with Crippen molar-refractivity contribution < 1.29 is 9.59 Å². The maximum Gasteiger partial charge on any atom is 0.255 e. The van der Waals surface area contributed by atoms with E-state index in [9.17, 15) is 9.59 Å². The zero-order chi connectivity index (χ0) is 20.8. The third-order valence-corrected chi connectivity index (χ3v) is 4.62. The lowest BCUT2D eigenvalue weighted by Crippen LogP contribution is -2.36. The molecule has 2 aromatic carbocycles. The average Bonchev–Trinajstić information content (AvgIpc) is 3.17. The number of aryl methyl sites for hydroxylation is 1. The first kappa shape index (κ1) is 20.3. The number of hydrogen-bond donors (Lipinski definition) is 2. The summed E-state index contributed by atoms with van der Waals surface area (Å²) in [5, 5.41) is 9.92. The molecule has 0 radical (unpaired) electrons. The van der Waals surface area contributed by atoms with Gasteiger partial charge in [-0.3, -0.25) is 9.59 Å². The molecule has 0 fully saturated rings. The number of aromatic nitrogens is 2. The summed E-state index contributed by atoms with van der Waals surface area (Å²) in [7, 11) is 0. The van der Waals surface area contributed by atoms with Crippen LogP contribution in [0, 0.1) is 6.92 Å². The molecular weight excluding hydrogens is 364 g/mol. The molecule has 0 aliphatic rings. The van der Waals surface area contributed by atoms with Crippen molar-refractivity contribution in [2.45, 2.75) is 33.2 Å². The highest BCUT2D eigenvalue weighted by Crippen LogP contribution is 2.23. The molecule has 0 saturated carbocycles. The summed E-state index contributed by atoms with van der Waals surface area (Å²) in [6, 6.07) is 17.6. The Morgan fingerprint density at radius 1 is 1.00 bits per heavy atom. The van der Waals surface area contributed by atoms with Crippen LogP contribution in [-0.4, -0.2) is 28.1 Å². The largest absolute Gasteiger partial charge is 0.350 e. The Balaban J connectivity index is 1.66. The van der Waals surface area contributed by atoms with Crippen LogP contribution in [0.25, 0.3) is 5.69 Å². The summed E-state index contributed by atoms with van der Waals surface area (Å²) in [6.07, 6.45) is 1.56. The van der Waals surface area contributed by atoms with Crippen LogP contribution in [0.1, 0.15) is 46.9 Å². The molecule has 0 aliphatic heterocycles. The van der Waals surface area contributed by atoms with Crippen molar-refractivity contribution in [1.29, 1.82) is 0 Å². The number of rotatable bonds is 7. The molecule has 0 aliphatic carbocycles. The molecule has 150 valence electrons. The summed E-state index contributed by atoms with van der Waals surface area (Å²) < 4.78 is 1.79. The van der Waals surface area contributed by atoms with Crippen molar-refractivity contribution >= 4 is 11.8 Å². The van der Waals surface area contributed by atoms with Crippen molar-refractivity contribution in [3.8, 4) is 5.69 Å². The highest BCUT2D eigenvalue weighted by Gasteiger charge is 2.21. The van der Waals surface area contributed by atoms with Crippen molar-refractivity contribution in [1.82, 2.24) is 20.4 Å². The minimum Gasteiger partial charge on any atom is -0.350 e. The van der Waals surface area contributed by atoms with Gasteiger partial charge in [0.25, 0.3) is 5.91 Å². The molecule has 29 heavy (non-hydrogen) atoms. The second-order valence-corrected chi connectivity index (χ2v) is 7.29. The molecule has 0 unspecified atom stereocenters. The fraction of sp³-hybridized carbons (Fsp3) is 0.261. The standard InChI is InChI=1S/C23H26N4O2/c1-16(2)22-20(14-26-27(22)19-11-9-17(3)10-12-19)23(29)25-15-21(28)24-13-18-7-5-4-6-8-18/h4-12,14,16H,13,15H2,1-3H3,(H,24,28)(H,25,29). The smallest absolute Gasteiger partial charge is 0.255 e. The van der Waals surface area contributed by atoms with E-state index >= 15 is 0 Å². The predicted octanol–water partition coefficient (Wildman–Crippen LogP) is 3.35. The fourth-order valence-electron chi connectivity index (χ4n) is 3.09. The van der Waals surface area contributed by atoms with Gasteiger partial charge in [-0.15, -0.1) is 0 Å². The molecule has 1 heterocycles. The number of benzene rings is 2. The summed E-state index contributed by atoms with van der Waals surface area (Å²) in [5.41, 5.74) is 4.37. The average molecular weight is 390 g/mol. The van der Waals surface area contributed by atoms with Crippen LogP contribution in [0.5, 0.6) is 0 Å². The zero-order valence-electron chi connectivity index (χ0n) is 17.0. The van der Waals surface area contributed by atoms with Crippen molar-refractivity contribution in [2.75, 3.05) is 6.54 Å². The van der Waals surface area contributed by atoms with Gasteiger partial charge < -0.3 is 10.6 Å². The van der Waals surface area contributed by atoms with E-state index in [4.69, 9.17) is 0 Å². The summed E-state index contributed by atoms with van der Waals surface area (Å²) >= 11 is 0. The van der Waals surface area contributed by atoms with E-state index in [1.807, 2.05) is 75.4 Å². The molecule has 2 N–H and O–H groups in total. The second-order valence-electron chi connectivity index (χ2n) is 7.29. The first-order chi connectivity index (χ1) is 14.0. The minimum absolute atomic E-state index is 0.0844. The summed E-state index contributed by atoms with van der Waals surface area (Å²) in [5.74, 6) is -0.451. The quantitative estimate of drug-likeness (QED) is 0.650. The molecule has 3 aromatic rings. The van der Waals surface area contributed by atoms with Crippen LogP contribution < -0.4 is 10.6 Å². The highest BCUT2D eigenvalue weighted by atomic mass is 16.2. The number of amides is 2. The van der Waals surface area contributed by atoms with Crippen LogP contribution in [0.15, 0.2) is 60.8 Å². The molecule has 0 bridgehead atoms. The van der Waals surface area contributed by atoms with Crippen LogP contribution in [0.3, 0.4) is 0 Å². The third-order valence-electron chi connectivity index (χ3n) is 4.62. The predicted molar refractivity (Wildman–Crippen MR) is 113 cm³/mol. The lowest BCUT2D eigenvalue weighted by molar-refractivity contribution is -0.120. The van der Waals surface area contributed by atoms with Gasteiger partial charge in [-0.2, -0.15) is 5.10 Å². The van der Waals surface area contributed by atoms with Gasteiger partial charge in [0.15, 0.2) is 0 Å². The van der Waals surface area contributed by atoms with E-state index in [0.717, 1.165) is 22.5 Å². The second kappa shape index (κ2) is 9.19. The van der Waals surface area contributed by atoms with E-state index in [0.29, 0.717) is 12.1 Å². The Kier molecular flexibility index (Phi) is 6.44. The molecule has 0 saturated heterocycles. The van der Waals surface area contributed by atoms with Crippen LogP contribution in [-0.2, 0) is 11.3 Å². The highest BCUT2D eigenvalue weighted by molar-refractivity contribution is 5.97. The molecular formula is C23H26N4O2. The van der Waals surface area contributed by atoms with Crippen molar-refractivity contribution in [3.05, 3.63) is 83.2 Å². The van der Waals surface area contributed by atoms with Crippen LogP contribution >= 0.6 is 0 Å². The van der Waals surface area contributed by atoms with Gasteiger partial charge in [-0.1, -0.05) is 61.9 Å². The van der Waals surface area contributed by atoms with E-state index in [1.165, 1.54) is 0 Å². The minimum atomic E-state index is -0.304. The molecule has 0 spiro atoms. The fourth-order valence-corrected chi connectivity index (χ4v) is 3.09. The van der Waals surface area contributed by atoms with Gasteiger partial charge in [0.1, 0.15) is 0 Å². The molecule has 6 heteroatoms. The monoisotopic (exact) mass is 390 g/mol. The van der Waals surface area contributed by atoms with Gasteiger partial charge in [0.05, 0.1) is 29.7 Å². The molecule has 0 atom stereocenters. The molecule has 3 rings (SSSR count). The number of nitrogens with zero attached hydrogens (tertiary/aromatic N) is 2. The Morgan fingerprint density at radius 2 is 1.69 bits per heavy atom. The van der Waals surface area contributed by atoms with Crippen LogP contribution in [0.4, 0.5) is 0 Å². The van der Waals surface area contributed by atoms with Crippen molar-refractivity contribution in [3.63, 3.8) is 0 Å². The van der Waals surface area contributed by atoms with Gasteiger partial charge >= 0.3 is 0 Å². The zero-order valence-corrected chi connectivity index (χ0v) is 17.0. The van der Waals surface area contributed by atoms with Crippen LogP contribution in [0.2, 0.25) is 0 Å². The Labute approximate surface area is 170 Å². The van der Waals surface area contributed by atoms with E-state index < -0.39 is 0 Å². The van der Waals surface area contributed by atoms with E-state index in [-0.39, 0.29) is 24.3 Å². The third kappa shape index (κ3) is 5.10. The normalized spacial score (nSPS) is 10.8. The Bertz CT molecular complexity index is 976. The van der Waals surface area contributed by atoms with Gasteiger partial charge in [0, 0.05) is 6.54 Å². The van der Waals surface area contributed by atoms with Gasteiger partial charge in [-0.05, 0) is 30.5 Å². The lowest BCUT2D eigenvalue weighted by atomic mass is 10.0. The SMILES string of the molecule is Cc1ccc(-n2ncc(C(=O)NCC(=O)NCc3ccccc3)c2C(C)C)cc1. The maximum absolute atomic E-state index is 12.7. The maximum atomic E-state index is 12.7. The number of carbonyl (C=O) groups is 2. The number of nitrogens with one attached hydrogen (secondary N) is 2. The first-order valence-electron chi connectivity index (χ1n) is 9.69. The van der Waals surface area contributed by atoms with E-state index in [2.05, 4.69) is 15.7 Å². The summed E-state index contributed by atoms with van der Waals surface area (Å²) in [6.45, 7) is 6.41. The molecule has 1 aromatic heterocycles. The molecule has 2 amide bonds. The Hall–Kier alpha value is -3.41. The lowest BCUT2D eigenvalue weighted by Gasteiger charge is -2.13. The Morgan fingerprint density at radius 3 is 2.34 bits per heavy atom. The topological polar surface area (TPSA) is 76.0 Å². The molecule has 6 nitrogen and oxygen atoms in total. The summed E-state index contributed by atoms with van der Waals surface area (Å²) in [4.78, 5) is 24.8.